The number of aromatic nitrogens is 1. The van der Waals surface area contributed by atoms with Crippen LogP contribution in [0.5, 0.6) is 0 Å². The predicted molar refractivity (Wildman–Crippen MR) is 107 cm³/mol. The van der Waals surface area contributed by atoms with E-state index in [2.05, 4.69) is 15.4 Å². The molecule has 1 N–H and O–H groups in total. The molecule has 1 aliphatic rings. The summed E-state index contributed by atoms with van der Waals surface area (Å²) in [5.74, 6) is -1.74. The molecule has 1 aromatic heterocycles. The Balaban J connectivity index is 1.59. The van der Waals surface area contributed by atoms with Gasteiger partial charge in [0.1, 0.15) is 5.82 Å². The number of nitrogens with zero attached hydrogens (tertiary/aromatic N) is 3. The van der Waals surface area contributed by atoms with Crippen molar-refractivity contribution in [2.75, 3.05) is 11.9 Å². The van der Waals surface area contributed by atoms with Crippen LogP contribution in [0.2, 0.25) is 0 Å². The summed E-state index contributed by atoms with van der Waals surface area (Å²) < 4.78 is 65.2. The molecule has 2 heterocycles. The molecule has 0 spiro atoms. The van der Waals surface area contributed by atoms with E-state index in [9.17, 15) is 26.7 Å². The maximum absolute atomic E-state index is 13.7. The average Bonchev–Trinajstić information content (AvgIpc) is 3.20. The second-order valence-electron chi connectivity index (χ2n) is 7.02. The first-order valence-corrected chi connectivity index (χ1v) is 9.43. The van der Waals surface area contributed by atoms with E-state index < -0.39 is 35.5 Å². The van der Waals surface area contributed by atoms with Gasteiger partial charge in [0.25, 0.3) is 0 Å². The third-order valence-corrected chi connectivity index (χ3v) is 4.85. The number of hydrazone groups is 1. The molecular weight excluding hydrogens is 431 g/mol. The first-order chi connectivity index (χ1) is 15.2. The molecule has 3 aromatic rings. The highest BCUT2D eigenvalue weighted by Gasteiger charge is 2.34. The summed E-state index contributed by atoms with van der Waals surface area (Å²) in [5.41, 5.74) is 0.537. The molecule has 0 radical (unpaired) electrons. The second-order valence-corrected chi connectivity index (χ2v) is 7.02. The molecule has 1 atom stereocenters. The molecule has 1 aliphatic heterocycles. The van der Waals surface area contributed by atoms with Crippen molar-refractivity contribution in [2.24, 2.45) is 5.10 Å². The van der Waals surface area contributed by atoms with Crippen LogP contribution in [0.15, 0.2) is 71.8 Å². The molecule has 0 saturated carbocycles. The highest BCUT2D eigenvalue weighted by atomic mass is 19.4. The summed E-state index contributed by atoms with van der Waals surface area (Å²) in [6, 6.07) is 13.0. The van der Waals surface area contributed by atoms with Gasteiger partial charge in [-0.3, -0.25) is 0 Å². The molecule has 2 amide bonds. The number of amides is 2. The molecule has 4 rings (SSSR count). The van der Waals surface area contributed by atoms with E-state index in [1.54, 1.807) is 6.07 Å². The van der Waals surface area contributed by atoms with Gasteiger partial charge in [0.05, 0.1) is 29.4 Å². The van der Waals surface area contributed by atoms with Gasteiger partial charge < -0.3 is 5.32 Å². The Labute approximate surface area is 179 Å². The molecule has 5 nitrogen and oxygen atoms in total. The molecule has 0 saturated heterocycles. The Hall–Kier alpha value is -3.82. The largest absolute Gasteiger partial charge is 0.416 e. The highest BCUT2D eigenvalue weighted by molar-refractivity contribution is 6.07. The molecular formula is C22H15F5N4O. The molecule has 0 fully saturated rings. The number of hydrogen-bond donors (Lipinski definition) is 1. The van der Waals surface area contributed by atoms with Gasteiger partial charge in [0, 0.05) is 5.69 Å². The van der Waals surface area contributed by atoms with E-state index >= 15 is 0 Å². The lowest BCUT2D eigenvalue weighted by Crippen LogP contribution is -2.30. The molecule has 0 aliphatic carbocycles. The molecule has 2 aromatic carbocycles. The number of pyridine rings is 1. The molecule has 164 valence electrons. The van der Waals surface area contributed by atoms with Crippen molar-refractivity contribution in [3.05, 3.63) is 95.3 Å². The van der Waals surface area contributed by atoms with Crippen LogP contribution in [-0.4, -0.2) is 28.3 Å². The molecule has 10 heteroatoms. The zero-order valence-corrected chi connectivity index (χ0v) is 16.3. The first kappa shape index (κ1) is 21.4. The standard InChI is InChI=1S/C22H15F5N4O/c23-15-8-4-13(5-9-15)20-17(18-2-1-3-19(24)29-18)12-31(30-20)21(32)28-16-10-6-14(7-11-16)22(25,26)27/h1-11,17H,12H2,(H,28,32). The Morgan fingerprint density at radius 1 is 0.969 bits per heavy atom. The summed E-state index contributed by atoms with van der Waals surface area (Å²) in [4.78, 5) is 16.6. The van der Waals surface area contributed by atoms with Crippen LogP contribution in [0.4, 0.5) is 32.4 Å². The Morgan fingerprint density at radius 2 is 1.66 bits per heavy atom. The van der Waals surface area contributed by atoms with Gasteiger partial charge in [-0.2, -0.15) is 22.7 Å². The number of alkyl halides is 3. The Kier molecular flexibility index (Phi) is 5.60. The summed E-state index contributed by atoms with van der Waals surface area (Å²) in [6.07, 6.45) is -4.49. The normalized spacial score (nSPS) is 16.1. The maximum Gasteiger partial charge on any atom is 0.416 e. The van der Waals surface area contributed by atoms with Gasteiger partial charge in [-0.05, 0) is 54.1 Å². The van der Waals surface area contributed by atoms with Crippen molar-refractivity contribution in [1.82, 2.24) is 9.99 Å². The third-order valence-electron chi connectivity index (χ3n) is 4.85. The van der Waals surface area contributed by atoms with E-state index in [0.29, 0.717) is 17.0 Å². The van der Waals surface area contributed by atoms with E-state index in [-0.39, 0.29) is 12.2 Å². The fraction of sp³-hybridized carbons (Fsp3) is 0.136. The van der Waals surface area contributed by atoms with Crippen LogP contribution in [0.25, 0.3) is 0 Å². The fourth-order valence-corrected chi connectivity index (χ4v) is 3.29. The monoisotopic (exact) mass is 446 g/mol. The lowest BCUT2D eigenvalue weighted by Gasteiger charge is -2.16. The Morgan fingerprint density at radius 3 is 2.28 bits per heavy atom. The van der Waals surface area contributed by atoms with Gasteiger partial charge >= 0.3 is 12.2 Å². The SMILES string of the molecule is O=C(Nc1ccc(C(F)(F)F)cc1)N1CC(c2cccc(F)n2)C(c2ccc(F)cc2)=N1. The number of benzene rings is 2. The van der Waals surface area contributed by atoms with Gasteiger partial charge in [-0.1, -0.05) is 18.2 Å². The van der Waals surface area contributed by atoms with Crippen LogP contribution in [-0.2, 0) is 6.18 Å². The van der Waals surface area contributed by atoms with Gasteiger partial charge in [0.15, 0.2) is 0 Å². The lowest BCUT2D eigenvalue weighted by molar-refractivity contribution is -0.137. The second kappa shape index (κ2) is 8.37. The van der Waals surface area contributed by atoms with Crippen molar-refractivity contribution in [3.63, 3.8) is 0 Å². The van der Waals surface area contributed by atoms with E-state index in [1.165, 1.54) is 36.4 Å². The average molecular weight is 446 g/mol. The van der Waals surface area contributed by atoms with E-state index in [0.717, 1.165) is 29.3 Å². The van der Waals surface area contributed by atoms with Gasteiger partial charge in [-0.15, -0.1) is 0 Å². The van der Waals surface area contributed by atoms with E-state index in [4.69, 9.17) is 0 Å². The summed E-state index contributed by atoms with van der Waals surface area (Å²) in [5, 5.41) is 7.86. The van der Waals surface area contributed by atoms with Gasteiger partial charge in [-0.25, -0.2) is 19.2 Å². The first-order valence-electron chi connectivity index (χ1n) is 9.43. The molecule has 0 bridgehead atoms. The number of halogens is 5. The van der Waals surface area contributed by atoms with Crippen molar-refractivity contribution in [3.8, 4) is 0 Å². The van der Waals surface area contributed by atoms with Crippen LogP contribution in [0.3, 0.4) is 0 Å². The van der Waals surface area contributed by atoms with Crippen LogP contribution < -0.4 is 5.32 Å². The number of nitrogens with one attached hydrogen (secondary N) is 1. The van der Waals surface area contributed by atoms with E-state index in [1.807, 2.05) is 0 Å². The van der Waals surface area contributed by atoms with Crippen LogP contribution in [0.1, 0.15) is 22.7 Å². The number of carbonyl (C=O) groups excluding carboxylic acids is 1. The number of carbonyl (C=O) groups is 1. The fourth-order valence-electron chi connectivity index (χ4n) is 3.29. The molecule has 1 unspecified atom stereocenters. The van der Waals surface area contributed by atoms with Crippen molar-refractivity contribution < 1.29 is 26.7 Å². The number of anilines is 1. The zero-order valence-electron chi connectivity index (χ0n) is 16.3. The topological polar surface area (TPSA) is 57.6 Å². The van der Waals surface area contributed by atoms with Crippen molar-refractivity contribution in [2.45, 2.75) is 12.1 Å². The summed E-state index contributed by atoms with van der Waals surface area (Å²) >= 11 is 0. The number of rotatable bonds is 3. The minimum atomic E-state index is -4.49. The van der Waals surface area contributed by atoms with Crippen molar-refractivity contribution >= 4 is 17.4 Å². The maximum atomic E-state index is 13.7. The quantitative estimate of drug-likeness (QED) is 0.432. The summed E-state index contributed by atoms with van der Waals surface area (Å²) in [7, 11) is 0. The Bertz CT molecular complexity index is 1160. The van der Waals surface area contributed by atoms with Crippen LogP contribution in [0, 0.1) is 11.8 Å². The third kappa shape index (κ3) is 4.58. The minimum Gasteiger partial charge on any atom is -0.306 e. The smallest absolute Gasteiger partial charge is 0.306 e. The predicted octanol–water partition coefficient (Wildman–Crippen LogP) is 5.41. The zero-order chi connectivity index (χ0) is 22.9. The van der Waals surface area contributed by atoms with Gasteiger partial charge in [0.2, 0.25) is 5.95 Å². The van der Waals surface area contributed by atoms with Crippen molar-refractivity contribution in [1.29, 1.82) is 0 Å². The minimum absolute atomic E-state index is 0.00955. The molecule has 32 heavy (non-hydrogen) atoms. The number of urea groups is 1. The summed E-state index contributed by atoms with van der Waals surface area (Å²) in [6.45, 7) is 0.00955. The lowest BCUT2D eigenvalue weighted by atomic mass is 9.94. The number of hydrogen-bond acceptors (Lipinski definition) is 3. The van der Waals surface area contributed by atoms with Crippen LogP contribution >= 0.6 is 0 Å². The highest BCUT2D eigenvalue weighted by Crippen LogP contribution is 2.31.